The van der Waals surface area contributed by atoms with Crippen LogP contribution < -0.4 is 14.2 Å². The number of methoxy groups -OCH3 is 2. The molecule has 0 saturated heterocycles. The van der Waals surface area contributed by atoms with E-state index in [1.165, 1.54) is 0 Å². The Hall–Kier alpha value is -2.48. The van der Waals surface area contributed by atoms with Gasteiger partial charge in [-0.1, -0.05) is 6.07 Å². The standard InChI is InChI=1S/C23H31NO6/c1-7-28-19-10-17-20-16(11-27-12-25-5)8-9-18(30-14(2)3)22(20)24-21(17)23(15(19)4)29-13-26-6/h8-10,14,24H,7,11-13H2,1-6H3. The Morgan fingerprint density at radius 1 is 0.967 bits per heavy atom. The Labute approximate surface area is 177 Å². The maximum Gasteiger partial charge on any atom is 0.188 e. The lowest BCUT2D eigenvalue weighted by atomic mass is 10.0. The topological polar surface area (TPSA) is 71.2 Å². The predicted molar refractivity (Wildman–Crippen MR) is 117 cm³/mol. The van der Waals surface area contributed by atoms with Crippen molar-refractivity contribution in [2.45, 2.75) is 40.4 Å². The van der Waals surface area contributed by atoms with Crippen molar-refractivity contribution in [2.24, 2.45) is 0 Å². The Balaban J connectivity index is 2.30. The number of hydrogen-bond acceptors (Lipinski definition) is 6. The summed E-state index contributed by atoms with van der Waals surface area (Å²) in [6.07, 6.45) is 0.0418. The van der Waals surface area contributed by atoms with Crippen LogP contribution in [0.25, 0.3) is 21.8 Å². The molecule has 3 rings (SSSR count). The second kappa shape index (κ2) is 10.0. The van der Waals surface area contributed by atoms with Gasteiger partial charge in [-0.2, -0.15) is 0 Å². The zero-order valence-corrected chi connectivity index (χ0v) is 18.6. The number of ether oxygens (including phenoxy) is 6. The van der Waals surface area contributed by atoms with Gasteiger partial charge in [-0.3, -0.25) is 0 Å². The maximum atomic E-state index is 6.07. The summed E-state index contributed by atoms with van der Waals surface area (Å²) in [6.45, 7) is 9.29. The molecule has 30 heavy (non-hydrogen) atoms. The van der Waals surface area contributed by atoms with Crippen LogP contribution in [0.15, 0.2) is 18.2 Å². The molecule has 0 atom stereocenters. The van der Waals surface area contributed by atoms with E-state index in [0.717, 1.165) is 44.4 Å². The molecule has 0 aliphatic heterocycles. The van der Waals surface area contributed by atoms with Crippen LogP contribution in [-0.2, 0) is 20.8 Å². The normalized spacial score (nSPS) is 11.6. The van der Waals surface area contributed by atoms with Crippen LogP contribution >= 0.6 is 0 Å². The molecular weight excluding hydrogens is 386 g/mol. The van der Waals surface area contributed by atoms with Gasteiger partial charge in [0.15, 0.2) is 12.5 Å². The molecule has 0 spiro atoms. The minimum atomic E-state index is 0.0418. The molecule has 0 aliphatic carbocycles. The smallest absolute Gasteiger partial charge is 0.188 e. The van der Waals surface area contributed by atoms with Crippen molar-refractivity contribution in [3.63, 3.8) is 0 Å². The highest BCUT2D eigenvalue weighted by Gasteiger charge is 2.21. The molecule has 7 heteroatoms. The highest BCUT2D eigenvalue weighted by molar-refractivity contribution is 6.13. The van der Waals surface area contributed by atoms with Gasteiger partial charge < -0.3 is 33.4 Å². The van der Waals surface area contributed by atoms with Gasteiger partial charge in [0, 0.05) is 30.6 Å². The summed E-state index contributed by atoms with van der Waals surface area (Å²) >= 11 is 0. The second-order valence-corrected chi connectivity index (χ2v) is 7.25. The fourth-order valence-electron chi connectivity index (χ4n) is 3.55. The second-order valence-electron chi connectivity index (χ2n) is 7.25. The van der Waals surface area contributed by atoms with Gasteiger partial charge in [0.2, 0.25) is 0 Å². The van der Waals surface area contributed by atoms with Gasteiger partial charge in [0.1, 0.15) is 18.3 Å². The van der Waals surface area contributed by atoms with Crippen LogP contribution in [0.5, 0.6) is 17.2 Å². The fourth-order valence-corrected chi connectivity index (χ4v) is 3.55. The van der Waals surface area contributed by atoms with Gasteiger partial charge in [0.05, 0.1) is 30.4 Å². The minimum absolute atomic E-state index is 0.0418. The summed E-state index contributed by atoms with van der Waals surface area (Å²) in [7, 11) is 3.21. The van der Waals surface area contributed by atoms with Crippen molar-refractivity contribution in [3.05, 3.63) is 29.3 Å². The van der Waals surface area contributed by atoms with Crippen molar-refractivity contribution < 1.29 is 28.4 Å². The average molecular weight is 418 g/mol. The number of aromatic amines is 1. The van der Waals surface area contributed by atoms with Crippen molar-refractivity contribution in [1.29, 1.82) is 0 Å². The molecule has 164 valence electrons. The van der Waals surface area contributed by atoms with Gasteiger partial charge in [0.25, 0.3) is 0 Å². The molecule has 0 amide bonds. The number of rotatable bonds is 11. The third kappa shape index (κ3) is 4.48. The third-order valence-corrected chi connectivity index (χ3v) is 4.70. The summed E-state index contributed by atoms with van der Waals surface area (Å²) in [5.74, 6) is 2.25. The maximum absolute atomic E-state index is 6.07. The van der Waals surface area contributed by atoms with Crippen LogP contribution in [0.2, 0.25) is 0 Å². The highest BCUT2D eigenvalue weighted by atomic mass is 16.7. The molecule has 2 aromatic carbocycles. The van der Waals surface area contributed by atoms with E-state index in [-0.39, 0.29) is 19.7 Å². The van der Waals surface area contributed by atoms with Gasteiger partial charge in [-0.05, 0) is 45.4 Å². The van der Waals surface area contributed by atoms with Crippen LogP contribution in [0.1, 0.15) is 31.9 Å². The highest BCUT2D eigenvalue weighted by Crippen LogP contribution is 2.43. The Kier molecular flexibility index (Phi) is 7.42. The summed E-state index contributed by atoms with van der Waals surface area (Å²) in [5, 5.41) is 2.00. The van der Waals surface area contributed by atoms with Crippen molar-refractivity contribution >= 4 is 21.8 Å². The first kappa shape index (κ1) is 22.2. The van der Waals surface area contributed by atoms with Crippen LogP contribution in [0, 0.1) is 6.92 Å². The molecule has 0 bridgehead atoms. The summed E-state index contributed by atoms with van der Waals surface area (Å²) in [4.78, 5) is 3.52. The van der Waals surface area contributed by atoms with Crippen molar-refractivity contribution in [1.82, 2.24) is 4.98 Å². The zero-order chi connectivity index (χ0) is 21.7. The molecule has 0 aliphatic rings. The van der Waals surface area contributed by atoms with Crippen molar-refractivity contribution in [2.75, 3.05) is 34.4 Å². The molecule has 1 heterocycles. The van der Waals surface area contributed by atoms with E-state index in [0.29, 0.717) is 19.0 Å². The number of H-pyrrole nitrogens is 1. The Morgan fingerprint density at radius 3 is 2.40 bits per heavy atom. The molecule has 0 saturated carbocycles. The van der Waals surface area contributed by atoms with Crippen LogP contribution in [0.4, 0.5) is 0 Å². The zero-order valence-electron chi connectivity index (χ0n) is 18.6. The van der Waals surface area contributed by atoms with E-state index in [1.54, 1.807) is 14.2 Å². The number of hydrogen-bond donors (Lipinski definition) is 1. The number of aromatic nitrogens is 1. The quantitative estimate of drug-likeness (QED) is 0.353. The van der Waals surface area contributed by atoms with Gasteiger partial charge in [-0.15, -0.1) is 0 Å². The molecule has 7 nitrogen and oxygen atoms in total. The van der Waals surface area contributed by atoms with Gasteiger partial charge in [-0.25, -0.2) is 0 Å². The van der Waals surface area contributed by atoms with E-state index in [4.69, 9.17) is 28.4 Å². The summed E-state index contributed by atoms with van der Waals surface area (Å²) < 4.78 is 33.8. The van der Waals surface area contributed by atoms with E-state index < -0.39 is 0 Å². The number of fused-ring (bicyclic) bond motifs is 3. The third-order valence-electron chi connectivity index (χ3n) is 4.70. The van der Waals surface area contributed by atoms with E-state index >= 15 is 0 Å². The van der Waals surface area contributed by atoms with E-state index in [9.17, 15) is 0 Å². The Morgan fingerprint density at radius 2 is 1.73 bits per heavy atom. The lowest BCUT2D eigenvalue weighted by Crippen LogP contribution is -2.06. The molecule has 0 unspecified atom stereocenters. The summed E-state index contributed by atoms with van der Waals surface area (Å²) in [5.41, 5.74) is 3.70. The summed E-state index contributed by atoms with van der Waals surface area (Å²) in [6, 6.07) is 6.04. The number of benzene rings is 2. The Bertz CT molecular complexity index is 995. The average Bonchev–Trinajstić information content (AvgIpc) is 3.09. The predicted octanol–water partition coefficient (Wildman–Crippen LogP) is 4.92. The molecule has 1 N–H and O–H groups in total. The van der Waals surface area contributed by atoms with Crippen LogP contribution in [0.3, 0.4) is 0 Å². The first-order chi connectivity index (χ1) is 14.5. The fraction of sp³-hybridized carbons (Fsp3) is 0.478. The number of nitrogens with one attached hydrogen (secondary N) is 1. The van der Waals surface area contributed by atoms with E-state index in [1.807, 2.05) is 45.9 Å². The first-order valence-electron chi connectivity index (χ1n) is 10.1. The molecule has 1 aromatic heterocycles. The monoisotopic (exact) mass is 417 g/mol. The molecule has 3 aromatic rings. The lowest BCUT2D eigenvalue weighted by molar-refractivity contribution is -0.0387. The molecule has 0 fully saturated rings. The molecular formula is C23H31NO6. The minimum Gasteiger partial charge on any atom is -0.493 e. The SMILES string of the molecule is CCOc1cc2c([nH]c3c(OC(C)C)ccc(COCOC)c32)c(OCOC)c1C. The largest absolute Gasteiger partial charge is 0.493 e. The van der Waals surface area contributed by atoms with E-state index in [2.05, 4.69) is 4.98 Å². The molecule has 0 radical (unpaired) electrons. The van der Waals surface area contributed by atoms with Gasteiger partial charge >= 0.3 is 0 Å². The first-order valence-corrected chi connectivity index (χ1v) is 10.1. The lowest BCUT2D eigenvalue weighted by Gasteiger charge is -2.14. The van der Waals surface area contributed by atoms with Crippen molar-refractivity contribution in [3.8, 4) is 17.2 Å². The van der Waals surface area contributed by atoms with Crippen LogP contribution in [-0.4, -0.2) is 45.5 Å².